The molecule has 0 atom stereocenters. The second-order valence-corrected chi connectivity index (χ2v) is 4.04. The third kappa shape index (κ3) is 3.96. The first-order valence-electron chi connectivity index (χ1n) is 5.80. The van der Waals surface area contributed by atoms with Gasteiger partial charge in [-0.3, -0.25) is 0 Å². The van der Waals surface area contributed by atoms with Gasteiger partial charge in [-0.2, -0.15) is 0 Å². The van der Waals surface area contributed by atoms with Crippen molar-refractivity contribution in [3.8, 4) is 0 Å². The molecule has 0 fully saturated rings. The molecular weight excluding hydrogens is 202 g/mol. The highest BCUT2D eigenvalue weighted by Crippen LogP contribution is 2.09. The van der Waals surface area contributed by atoms with Crippen LogP contribution in [0.1, 0.15) is 30.3 Å². The molecule has 0 saturated carbocycles. The molecule has 0 unspecified atom stereocenters. The third-order valence-electron chi connectivity index (χ3n) is 2.47. The van der Waals surface area contributed by atoms with Crippen molar-refractivity contribution in [1.82, 2.24) is 15.6 Å². The Morgan fingerprint density at radius 3 is 2.56 bits per heavy atom. The Morgan fingerprint density at radius 1 is 1.31 bits per heavy atom. The van der Waals surface area contributed by atoms with Crippen LogP contribution < -0.4 is 10.6 Å². The van der Waals surface area contributed by atoms with E-state index in [2.05, 4.69) is 28.6 Å². The maximum absolute atomic E-state index is 11.3. The first-order valence-corrected chi connectivity index (χ1v) is 5.80. The molecular formula is C12H21N3O. The van der Waals surface area contributed by atoms with Crippen molar-refractivity contribution in [2.75, 3.05) is 13.1 Å². The van der Waals surface area contributed by atoms with Gasteiger partial charge < -0.3 is 15.6 Å². The number of carbonyl (C=O) groups is 1. The zero-order chi connectivity index (χ0) is 12.0. The van der Waals surface area contributed by atoms with Crippen LogP contribution in [0.3, 0.4) is 0 Å². The number of carbonyl (C=O) groups excluding carboxylic acids is 1. The number of hydrogen-bond acceptors (Lipinski definition) is 1. The van der Waals surface area contributed by atoms with Crippen molar-refractivity contribution >= 4 is 6.03 Å². The van der Waals surface area contributed by atoms with Crippen LogP contribution in [0.4, 0.5) is 4.79 Å². The first-order chi connectivity index (χ1) is 7.63. The molecule has 1 aromatic rings. The molecule has 0 bridgehead atoms. The summed E-state index contributed by atoms with van der Waals surface area (Å²) in [6.45, 7) is 7.53. The Labute approximate surface area is 96.8 Å². The minimum atomic E-state index is -0.0771. The van der Waals surface area contributed by atoms with Crippen LogP contribution in [0.25, 0.3) is 0 Å². The third-order valence-corrected chi connectivity index (χ3v) is 2.47. The van der Waals surface area contributed by atoms with Crippen LogP contribution in [0.2, 0.25) is 0 Å². The number of urea groups is 1. The van der Waals surface area contributed by atoms with E-state index in [1.807, 2.05) is 13.8 Å². The molecule has 2 amide bonds. The second kappa shape index (κ2) is 6.20. The van der Waals surface area contributed by atoms with Crippen molar-refractivity contribution in [3.05, 3.63) is 23.0 Å². The van der Waals surface area contributed by atoms with Crippen LogP contribution in [-0.4, -0.2) is 24.1 Å². The van der Waals surface area contributed by atoms with E-state index < -0.39 is 0 Å². The molecule has 3 N–H and O–H groups in total. The molecule has 4 heteroatoms. The Balaban J connectivity index is 2.25. The van der Waals surface area contributed by atoms with Crippen molar-refractivity contribution in [3.63, 3.8) is 0 Å². The van der Waals surface area contributed by atoms with Crippen molar-refractivity contribution in [2.24, 2.45) is 0 Å². The number of H-pyrrole nitrogens is 1. The molecule has 4 nitrogen and oxygen atoms in total. The monoisotopic (exact) mass is 223 g/mol. The fourth-order valence-electron chi connectivity index (χ4n) is 1.65. The van der Waals surface area contributed by atoms with E-state index in [9.17, 15) is 4.79 Å². The summed E-state index contributed by atoms with van der Waals surface area (Å²) in [6.07, 6.45) is 1.83. The predicted octanol–water partition coefficient (Wildman–Crippen LogP) is 1.88. The summed E-state index contributed by atoms with van der Waals surface area (Å²) in [5.74, 6) is 0. The summed E-state index contributed by atoms with van der Waals surface area (Å²) in [4.78, 5) is 14.5. The average Bonchev–Trinajstić information content (AvgIpc) is 2.55. The van der Waals surface area contributed by atoms with Gasteiger partial charge in [0.1, 0.15) is 0 Å². The lowest BCUT2D eigenvalue weighted by Gasteiger charge is -2.06. The SMILES string of the molecule is CCCNC(=O)NCCc1cc(C)[nH]c1C. The van der Waals surface area contributed by atoms with Gasteiger partial charge in [0.25, 0.3) is 0 Å². The first kappa shape index (κ1) is 12.6. The van der Waals surface area contributed by atoms with Crippen molar-refractivity contribution < 1.29 is 4.79 Å². The quantitative estimate of drug-likeness (QED) is 0.701. The van der Waals surface area contributed by atoms with Crippen LogP contribution >= 0.6 is 0 Å². The Kier molecular flexibility index (Phi) is 4.89. The molecule has 0 saturated heterocycles. The van der Waals surface area contributed by atoms with Gasteiger partial charge in [-0.25, -0.2) is 4.79 Å². The van der Waals surface area contributed by atoms with Gasteiger partial charge in [0.2, 0.25) is 0 Å². The molecule has 0 aliphatic heterocycles. The minimum absolute atomic E-state index is 0.0771. The molecule has 90 valence electrons. The van der Waals surface area contributed by atoms with Gasteiger partial charge in [-0.15, -0.1) is 0 Å². The number of aromatic amines is 1. The highest BCUT2D eigenvalue weighted by atomic mass is 16.2. The fourth-order valence-corrected chi connectivity index (χ4v) is 1.65. The predicted molar refractivity (Wildman–Crippen MR) is 65.7 cm³/mol. The molecule has 1 rings (SSSR count). The molecule has 0 spiro atoms. The van der Waals surface area contributed by atoms with E-state index >= 15 is 0 Å². The molecule has 1 aromatic heterocycles. The largest absolute Gasteiger partial charge is 0.362 e. The van der Waals surface area contributed by atoms with Crippen LogP contribution in [0, 0.1) is 13.8 Å². The lowest BCUT2D eigenvalue weighted by molar-refractivity contribution is 0.241. The zero-order valence-corrected chi connectivity index (χ0v) is 10.3. The summed E-state index contributed by atoms with van der Waals surface area (Å²) in [5.41, 5.74) is 3.63. The van der Waals surface area contributed by atoms with Gasteiger partial charge >= 0.3 is 6.03 Å². The highest BCUT2D eigenvalue weighted by Gasteiger charge is 2.03. The number of rotatable bonds is 5. The number of amides is 2. The van der Waals surface area contributed by atoms with Crippen LogP contribution in [0.15, 0.2) is 6.07 Å². The fraction of sp³-hybridized carbons (Fsp3) is 0.583. The number of nitrogens with one attached hydrogen (secondary N) is 3. The smallest absolute Gasteiger partial charge is 0.314 e. The molecule has 0 radical (unpaired) electrons. The van der Waals surface area contributed by atoms with E-state index in [1.54, 1.807) is 0 Å². The van der Waals surface area contributed by atoms with Gasteiger partial charge in [0.05, 0.1) is 0 Å². The maximum Gasteiger partial charge on any atom is 0.314 e. The van der Waals surface area contributed by atoms with E-state index in [-0.39, 0.29) is 6.03 Å². The maximum atomic E-state index is 11.3. The molecule has 0 aliphatic rings. The highest BCUT2D eigenvalue weighted by molar-refractivity contribution is 5.73. The Bertz CT molecular complexity index is 344. The van der Waals surface area contributed by atoms with E-state index in [0.717, 1.165) is 19.4 Å². The van der Waals surface area contributed by atoms with Crippen LogP contribution in [0.5, 0.6) is 0 Å². The Morgan fingerprint density at radius 2 is 2.00 bits per heavy atom. The lowest BCUT2D eigenvalue weighted by atomic mass is 10.2. The lowest BCUT2D eigenvalue weighted by Crippen LogP contribution is -2.36. The van der Waals surface area contributed by atoms with E-state index in [1.165, 1.54) is 17.0 Å². The Hall–Kier alpha value is -1.45. The molecule has 0 aromatic carbocycles. The van der Waals surface area contributed by atoms with E-state index in [0.29, 0.717) is 6.54 Å². The van der Waals surface area contributed by atoms with Gasteiger partial charge in [-0.05, 0) is 38.3 Å². The van der Waals surface area contributed by atoms with Gasteiger partial charge in [0, 0.05) is 24.5 Å². The van der Waals surface area contributed by atoms with Crippen LogP contribution in [-0.2, 0) is 6.42 Å². The topological polar surface area (TPSA) is 56.9 Å². The summed E-state index contributed by atoms with van der Waals surface area (Å²) < 4.78 is 0. The number of hydrogen-bond donors (Lipinski definition) is 3. The minimum Gasteiger partial charge on any atom is -0.362 e. The standard InChI is InChI=1S/C12H21N3O/c1-4-6-13-12(16)14-7-5-11-8-9(2)15-10(11)3/h8,15H,4-7H2,1-3H3,(H2,13,14,16). The molecule has 1 heterocycles. The van der Waals surface area contributed by atoms with E-state index in [4.69, 9.17) is 0 Å². The van der Waals surface area contributed by atoms with Gasteiger partial charge in [0.15, 0.2) is 0 Å². The average molecular weight is 223 g/mol. The van der Waals surface area contributed by atoms with Crippen molar-refractivity contribution in [2.45, 2.75) is 33.6 Å². The number of aryl methyl sites for hydroxylation is 2. The van der Waals surface area contributed by atoms with Gasteiger partial charge in [-0.1, -0.05) is 6.92 Å². The summed E-state index contributed by atoms with van der Waals surface area (Å²) in [5, 5.41) is 5.62. The molecule has 16 heavy (non-hydrogen) atoms. The summed E-state index contributed by atoms with van der Waals surface area (Å²) in [6, 6.07) is 2.05. The normalized spacial score (nSPS) is 10.2. The second-order valence-electron chi connectivity index (χ2n) is 4.04. The number of aromatic nitrogens is 1. The summed E-state index contributed by atoms with van der Waals surface area (Å²) in [7, 11) is 0. The zero-order valence-electron chi connectivity index (χ0n) is 10.3. The molecule has 0 aliphatic carbocycles. The van der Waals surface area contributed by atoms with Crippen molar-refractivity contribution in [1.29, 1.82) is 0 Å². The summed E-state index contributed by atoms with van der Waals surface area (Å²) >= 11 is 0.